The zero-order chi connectivity index (χ0) is 29.0. The van der Waals surface area contributed by atoms with E-state index in [0.717, 1.165) is 35.5 Å². The second-order valence-electron chi connectivity index (χ2n) is 11.5. The third kappa shape index (κ3) is 4.12. The SMILES string of the molecule is C1=CCCC(c2cc(-c3cccc(N4C=Cc5c6c4cccc6cc4sc6ccccc6c54)c3)cc(-c3ccccc3)n2)=C1. The summed E-state index contributed by atoms with van der Waals surface area (Å²) in [6, 6.07) is 41.8. The first kappa shape index (κ1) is 25.3. The van der Waals surface area contributed by atoms with E-state index in [-0.39, 0.29) is 0 Å². The Hall–Kier alpha value is -5.25. The summed E-state index contributed by atoms with van der Waals surface area (Å²) in [5, 5.41) is 5.29. The standard InChI is InChI=1S/C41H28N2S/c1-3-11-27(12-4-1)35-24-31(25-36(42-35)28-13-5-2-6-14-28)29-15-9-17-32(23-29)43-22-21-34-40-30(16-10-19-37(40)43)26-39-41(34)33-18-7-8-20-38(33)44-39/h1-5,7-13,15-26H,6,14H2. The van der Waals surface area contributed by atoms with Gasteiger partial charge in [-0.2, -0.15) is 0 Å². The molecule has 2 aromatic heterocycles. The van der Waals surface area contributed by atoms with Gasteiger partial charge in [0.1, 0.15) is 0 Å². The van der Waals surface area contributed by atoms with Crippen LogP contribution in [0.1, 0.15) is 24.1 Å². The molecule has 0 radical (unpaired) electrons. The average Bonchev–Trinajstić information content (AvgIpc) is 3.47. The molecule has 0 bridgehead atoms. The first-order chi connectivity index (χ1) is 21.8. The van der Waals surface area contributed by atoms with Gasteiger partial charge in [-0.25, -0.2) is 4.98 Å². The Morgan fingerprint density at radius 3 is 2.41 bits per heavy atom. The maximum absolute atomic E-state index is 5.14. The molecule has 0 fully saturated rings. The van der Waals surface area contributed by atoms with Crippen molar-refractivity contribution in [1.29, 1.82) is 0 Å². The lowest BCUT2D eigenvalue weighted by Gasteiger charge is -2.27. The van der Waals surface area contributed by atoms with Crippen LogP contribution in [0, 0.1) is 0 Å². The van der Waals surface area contributed by atoms with Crippen LogP contribution < -0.4 is 4.90 Å². The molecule has 0 saturated heterocycles. The van der Waals surface area contributed by atoms with E-state index in [1.54, 1.807) is 0 Å². The Balaban J connectivity index is 1.19. The van der Waals surface area contributed by atoms with Gasteiger partial charge in [-0.05, 0) is 89.0 Å². The van der Waals surface area contributed by atoms with Gasteiger partial charge in [0.2, 0.25) is 0 Å². The second kappa shape index (κ2) is 10.2. The molecular formula is C41H28N2S. The number of anilines is 2. The Kier molecular flexibility index (Phi) is 5.85. The normalized spacial score (nSPS) is 14.1. The average molecular weight is 581 g/mol. The van der Waals surface area contributed by atoms with Crippen molar-refractivity contribution < 1.29 is 0 Å². The Morgan fingerprint density at radius 1 is 0.659 bits per heavy atom. The Labute approximate surface area is 260 Å². The number of rotatable bonds is 4. The van der Waals surface area contributed by atoms with Crippen LogP contribution in [-0.4, -0.2) is 4.98 Å². The minimum atomic E-state index is 1.00. The predicted molar refractivity (Wildman–Crippen MR) is 189 cm³/mol. The molecule has 0 N–H and O–H groups in total. The maximum Gasteiger partial charge on any atom is 0.0715 e. The molecule has 1 aliphatic heterocycles. The van der Waals surface area contributed by atoms with Gasteiger partial charge in [-0.3, -0.25) is 0 Å². The van der Waals surface area contributed by atoms with Crippen molar-refractivity contribution in [3.8, 4) is 22.4 Å². The number of fused-ring (bicyclic) bond motifs is 4. The monoisotopic (exact) mass is 580 g/mol. The van der Waals surface area contributed by atoms with Crippen LogP contribution in [0.25, 0.3) is 65.0 Å². The van der Waals surface area contributed by atoms with Crippen LogP contribution in [0.4, 0.5) is 11.4 Å². The quantitative estimate of drug-likeness (QED) is 0.206. The van der Waals surface area contributed by atoms with Gasteiger partial charge in [0.05, 0.1) is 17.1 Å². The summed E-state index contributed by atoms with van der Waals surface area (Å²) < 4.78 is 2.68. The summed E-state index contributed by atoms with van der Waals surface area (Å²) in [4.78, 5) is 7.48. The first-order valence-corrected chi connectivity index (χ1v) is 16.0. The topological polar surface area (TPSA) is 16.1 Å². The summed E-state index contributed by atoms with van der Waals surface area (Å²) >= 11 is 1.88. The van der Waals surface area contributed by atoms with E-state index in [9.17, 15) is 0 Å². The molecular weight excluding hydrogens is 553 g/mol. The lowest BCUT2D eigenvalue weighted by atomic mass is 9.94. The van der Waals surface area contributed by atoms with Crippen LogP contribution in [0.3, 0.4) is 0 Å². The number of aromatic nitrogens is 1. The molecule has 5 aromatic carbocycles. The summed E-state index contributed by atoms with van der Waals surface area (Å²) in [5.74, 6) is 0. The fourth-order valence-corrected chi connectivity index (χ4v) is 7.94. The minimum Gasteiger partial charge on any atom is -0.316 e. The van der Waals surface area contributed by atoms with Gasteiger partial charge in [0.25, 0.3) is 0 Å². The number of hydrogen-bond acceptors (Lipinski definition) is 3. The molecule has 7 aromatic rings. The largest absolute Gasteiger partial charge is 0.316 e. The van der Waals surface area contributed by atoms with Crippen molar-refractivity contribution in [2.75, 3.05) is 4.90 Å². The number of nitrogens with zero attached hydrogens (tertiary/aromatic N) is 2. The highest BCUT2D eigenvalue weighted by Gasteiger charge is 2.21. The highest BCUT2D eigenvalue weighted by Crippen LogP contribution is 2.46. The predicted octanol–water partition coefficient (Wildman–Crippen LogP) is 11.8. The van der Waals surface area contributed by atoms with E-state index in [4.69, 9.17) is 4.98 Å². The lowest BCUT2D eigenvalue weighted by Crippen LogP contribution is -2.12. The number of benzene rings is 5. The van der Waals surface area contributed by atoms with Gasteiger partial charge in [-0.1, -0.05) is 91.0 Å². The number of pyridine rings is 1. The van der Waals surface area contributed by atoms with E-state index in [1.165, 1.54) is 58.9 Å². The lowest BCUT2D eigenvalue weighted by molar-refractivity contribution is 1.04. The third-order valence-corrected chi connectivity index (χ3v) is 9.99. The molecule has 9 rings (SSSR count). The molecule has 0 spiro atoms. The molecule has 0 unspecified atom stereocenters. The summed E-state index contributed by atoms with van der Waals surface area (Å²) in [6.07, 6.45) is 13.2. The van der Waals surface area contributed by atoms with Crippen molar-refractivity contribution in [2.45, 2.75) is 12.8 Å². The molecule has 0 atom stereocenters. The van der Waals surface area contributed by atoms with Crippen molar-refractivity contribution in [1.82, 2.24) is 4.98 Å². The van der Waals surface area contributed by atoms with Gasteiger partial charge in [0.15, 0.2) is 0 Å². The molecule has 0 saturated carbocycles. The van der Waals surface area contributed by atoms with Gasteiger partial charge >= 0.3 is 0 Å². The number of thiophene rings is 1. The van der Waals surface area contributed by atoms with Crippen molar-refractivity contribution in [2.24, 2.45) is 0 Å². The number of hydrogen-bond donors (Lipinski definition) is 0. The highest BCUT2D eigenvalue weighted by molar-refractivity contribution is 7.26. The van der Waals surface area contributed by atoms with E-state index >= 15 is 0 Å². The summed E-state index contributed by atoms with van der Waals surface area (Å²) in [7, 11) is 0. The molecule has 3 heteroatoms. The smallest absolute Gasteiger partial charge is 0.0715 e. The fourth-order valence-electron chi connectivity index (χ4n) is 6.77. The maximum atomic E-state index is 5.14. The van der Waals surface area contributed by atoms with E-state index < -0.39 is 0 Å². The van der Waals surface area contributed by atoms with Crippen molar-refractivity contribution in [3.05, 3.63) is 151 Å². The van der Waals surface area contributed by atoms with Gasteiger partial charge in [0, 0.05) is 43.0 Å². The third-order valence-electron chi connectivity index (χ3n) is 8.87. The van der Waals surface area contributed by atoms with E-state index in [2.05, 4.69) is 151 Å². The summed E-state index contributed by atoms with van der Waals surface area (Å²) in [5.41, 5.74) is 10.5. The molecule has 2 aliphatic rings. The van der Waals surface area contributed by atoms with Crippen LogP contribution in [0.5, 0.6) is 0 Å². The second-order valence-corrected chi connectivity index (χ2v) is 12.6. The van der Waals surface area contributed by atoms with Crippen LogP contribution in [0.15, 0.2) is 140 Å². The van der Waals surface area contributed by atoms with E-state index in [0.29, 0.717) is 0 Å². The zero-order valence-electron chi connectivity index (χ0n) is 24.1. The molecule has 44 heavy (non-hydrogen) atoms. The van der Waals surface area contributed by atoms with E-state index in [1.807, 2.05) is 11.3 Å². The Bertz CT molecular complexity index is 2340. The summed E-state index contributed by atoms with van der Waals surface area (Å²) in [6.45, 7) is 0. The van der Waals surface area contributed by atoms with Crippen LogP contribution in [-0.2, 0) is 0 Å². The molecule has 1 aliphatic carbocycles. The van der Waals surface area contributed by atoms with Crippen molar-refractivity contribution in [3.63, 3.8) is 0 Å². The fraction of sp³-hybridized carbons (Fsp3) is 0.0488. The zero-order valence-corrected chi connectivity index (χ0v) is 24.9. The van der Waals surface area contributed by atoms with Gasteiger partial charge < -0.3 is 4.90 Å². The molecule has 0 amide bonds. The Morgan fingerprint density at radius 2 is 1.50 bits per heavy atom. The van der Waals surface area contributed by atoms with Crippen molar-refractivity contribution >= 4 is 65.3 Å². The molecule has 2 nitrogen and oxygen atoms in total. The highest BCUT2D eigenvalue weighted by atomic mass is 32.1. The minimum absolute atomic E-state index is 1.00. The number of allylic oxidation sites excluding steroid dienone is 4. The van der Waals surface area contributed by atoms with Gasteiger partial charge in [-0.15, -0.1) is 11.3 Å². The first-order valence-electron chi connectivity index (χ1n) is 15.2. The van der Waals surface area contributed by atoms with Crippen LogP contribution in [0.2, 0.25) is 0 Å². The molecule has 208 valence electrons. The van der Waals surface area contributed by atoms with Crippen LogP contribution >= 0.6 is 11.3 Å². The molecule has 3 heterocycles.